The maximum atomic E-state index is 13.1. The zero-order valence-corrected chi connectivity index (χ0v) is 46.9. The Morgan fingerprint density at radius 3 is 1.03 bits per heavy atom. The van der Waals surface area contributed by atoms with Crippen molar-refractivity contribution in [3.05, 3.63) is 103 Å². The normalized spacial score (nSPS) is 33.2. The van der Waals surface area contributed by atoms with E-state index in [1.54, 1.807) is 13.8 Å². The van der Waals surface area contributed by atoms with Gasteiger partial charge in [0.2, 0.25) is 0 Å². The molecule has 3 aromatic rings. The van der Waals surface area contributed by atoms with Gasteiger partial charge in [-0.1, -0.05) is 133 Å². The molecule has 0 amide bonds. The molecule has 0 heterocycles. The zero-order valence-electron chi connectivity index (χ0n) is 46.9. The van der Waals surface area contributed by atoms with Gasteiger partial charge in [-0.05, 0) is 230 Å². The van der Waals surface area contributed by atoms with E-state index in [2.05, 4.69) is 119 Å². The SMILES string of the molecule is CC(=O)C1(C)CCCC2(C)c3cc(Cc4cc5c(cc4C(C)C)CCC4C(C)(C(C)=O)CCCC54C)c(C(C)C)cc3CCC12.CC(=O)c1cc2c(cc1C(C)C)CCC1C(C)(C(C)=O)CCCC21C. The van der Waals surface area contributed by atoms with Crippen molar-refractivity contribution in [1.82, 2.24) is 0 Å². The van der Waals surface area contributed by atoms with E-state index >= 15 is 0 Å². The number of hydrogen-bond acceptors (Lipinski definition) is 4. The topological polar surface area (TPSA) is 68.3 Å². The summed E-state index contributed by atoms with van der Waals surface area (Å²) < 4.78 is 0. The van der Waals surface area contributed by atoms with Crippen molar-refractivity contribution in [2.24, 2.45) is 34.0 Å². The summed E-state index contributed by atoms with van der Waals surface area (Å²) in [5.41, 5.74) is 16.3. The lowest BCUT2D eigenvalue weighted by molar-refractivity contribution is -0.134. The average molecular weight is 949 g/mol. The molecule has 70 heavy (non-hydrogen) atoms. The molecule has 0 radical (unpaired) electrons. The smallest absolute Gasteiger partial charge is 0.160 e. The Hall–Kier alpha value is -3.66. The zero-order chi connectivity index (χ0) is 51.3. The fourth-order valence-electron chi connectivity index (χ4n) is 17.3. The third kappa shape index (κ3) is 8.40. The van der Waals surface area contributed by atoms with Gasteiger partial charge < -0.3 is 0 Å². The highest BCUT2D eigenvalue weighted by Gasteiger charge is 2.56. The van der Waals surface area contributed by atoms with E-state index in [1.165, 1.54) is 74.0 Å². The molecular weight excluding hydrogens is 857 g/mol. The van der Waals surface area contributed by atoms with Crippen LogP contribution in [0.15, 0.2) is 36.4 Å². The number of fused-ring (bicyclic) bond motifs is 9. The Labute approximate surface area is 425 Å². The standard InChI is InChI=1S/C43H60O2.C23H32O2/c1-26(2)34-22-30-13-15-38-40(7,28(5)44)17-11-19-42(38,9)36(30)24-32(34)21-33-25-37-31(23-35(33)27(3)4)14-16-39-41(8,29(6)45)18-12-20-43(37,39)10;1-14(2)18-12-17-8-9-21-22(5,16(4)25)10-7-11-23(21,6)20(17)13-19(18)15(3)24/h22-27,38-39H,11-21H2,1-10H3;12-14,21H,7-11H2,1-6H3. The fraction of sp³-hybridized carbons (Fsp3) is 0.667. The minimum atomic E-state index is -0.224. The van der Waals surface area contributed by atoms with Gasteiger partial charge in [-0.2, -0.15) is 0 Å². The molecule has 3 fully saturated rings. The van der Waals surface area contributed by atoms with Gasteiger partial charge in [0.15, 0.2) is 5.78 Å². The molecule has 9 unspecified atom stereocenters. The number of hydrogen-bond donors (Lipinski definition) is 0. The summed E-state index contributed by atoms with van der Waals surface area (Å²) in [4.78, 5) is 51.0. The first-order valence-electron chi connectivity index (χ1n) is 28.2. The van der Waals surface area contributed by atoms with E-state index in [1.807, 2.05) is 13.8 Å². The number of benzene rings is 3. The molecule has 0 N–H and O–H groups in total. The van der Waals surface area contributed by atoms with Gasteiger partial charge in [0.05, 0.1) is 0 Å². The maximum absolute atomic E-state index is 13.1. The fourth-order valence-corrected chi connectivity index (χ4v) is 17.3. The first-order valence-corrected chi connectivity index (χ1v) is 28.2. The van der Waals surface area contributed by atoms with Crippen LogP contribution in [0.3, 0.4) is 0 Å². The summed E-state index contributed by atoms with van der Waals surface area (Å²) in [6, 6.07) is 14.8. The van der Waals surface area contributed by atoms with Crippen LogP contribution in [0.5, 0.6) is 0 Å². The molecule has 6 aliphatic rings. The minimum absolute atomic E-state index is 0.00592. The van der Waals surface area contributed by atoms with Crippen LogP contribution in [0.25, 0.3) is 0 Å². The number of Topliss-reactive ketones (excluding diaryl/α,β-unsaturated/α-hetero) is 4. The lowest BCUT2D eigenvalue weighted by Gasteiger charge is -2.55. The van der Waals surface area contributed by atoms with Gasteiger partial charge >= 0.3 is 0 Å². The first-order chi connectivity index (χ1) is 32.7. The highest BCUT2D eigenvalue weighted by Crippen LogP contribution is 2.61. The number of carbonyl (C=O) groups excluding carboxylic acids is 4. The van der Waals surface area contributed by atoms with Crippen molar-refractivity contribution in [3.8, 4) is 0 Å². The Balaban J connectivity index is 0.000000222. The van der Waals surface area contributed by atoms with Crippen LogP contribution in [-0.4, -0.2) is 23.1 Å². The maximum Gasteiger partial charge on any atom is 0.160 e. The molecule has 3 saturated carbocycles. The van der Waals surface area contributed by atoms with Crippen LogP contribution < -0.4 is 0 Å². The quantitative estimate of drug-likeness (QED) is 0.200. The molecule has 4 heteroatoms. The van der Waals surface area contributed by atoms with Crippen molar-refractivity contribution in [2.45, 2.75) is 248 Å². The minimum Gasteiger partial charge on any atom is -0.299 e. The lowest BCUT2D eigenvalue weighted by Crippen LogP contribution is -2.52. The largest absolute Gasteiger partial charge is 0.299 e. The second-order valence-electron chi connectivity index (χ2n) is 26.7. The highest BCUT2D eigenvalue weighted by atomic mass is 16.1. The molecule has 6 aliphatic carbocycles. The second kappa shape index (κ2) is 18.7. The number of carbonyl (C=O) groups is 4. The van der Waals surface area contributed by atoms with Gasteiger partial charge in [0, 0.05) is 21.8 Å². The third-order valence-electron chi connectivity index (χ3n) is 21.8. The highest BCUT2D eigenvalue weighted by molar-refractivity contribution is 5.96. The molecule has 0 saturated heterocycles. The molecule has 0 aromatic heterocycles. The van der Waals surface area contributed by atoms with E-state index in [4.69, 9.17) is 0 Å². The monoisotopic (exact) mass is 949 g/mol. The number of rotatable bonds is 9. The van der Waals surface area contributed by atoms with Crippen LogP contribution in [0.4, 0.5) is 0 Å². The lowest BCUT2D eigenvalue weighted by atomic mass is 9.48. The van der Waals surface area contributed by atoms with Gasteiger partial charge in [0.25, 0.3) is 0 Å². The van der Waals surface area contributed by atoms with Crippen molar-refractivity contribution in [3.63, 3.8) is 0 Å². The Morgan fingerprint density at radius 1 is 0.443 bits per heavy atom. The van der Waals surface area contributed by atoms with Crippen LogP contribution in [0.2, 0.25) is 0 Å². The molecular formula is C66H92O4. The van der Waals surface area contributed by atoms with Crippen LogP contribution in [0.1, 0.15) is 277 Å². The van der Waals surface area contributed by atoms with Crippen molar-refractivity contribution < 1.29 is 19.2 Å². The van der Waals surface area contributed by atoms with Gasteiger partial charge in [0.1, 0.15) is 17.3 Å². The van der Waals surface area contributed by atoms with Crippen LogP contribution >= 0.6 is 0 Å². The molecule has 0 spiro atoms. The van der Waals surface area contributed by atoms with E-state index in [0.29, 0.717) is 52.9 Å². The Kier molecular flexibility index (Phi) is 14.0. The van der Waals surface area contributed by atoms with E-state index < -0.39 is 0 Å². The predicted octanol–water partition coefficient (Wildman–Crippen LogP) is 16.3. The van der Waals surface area contributed by atoms with Crippen LogP contribution in [0, 0.1) is 34.0 Å². The van der Waals surface area contributed by atoms with Gasteiger partial charge in [-0.3, -0.25) is 19.2 Å². The first kappa shape index (κ1) is 52.7. The van der Waals surface area contributed by atoms with Crippen molar-refractivity contribution in [2.75, 3.05) is 0 Å². The summed E-state index contributed by atoms with van der Waals surface area (Å²) >= 11 is 0. The molecule has 9 atom stereocenters. The Morgan fingerprint density at radius 2 is 0.743 bits per heavy atom. The summed E-state index contributed by atoms with van der Waals surface area (Å²) in [5.74, 6) is 3.72. The molecule has 0 bridgehead atoms. The van der Waals surface area contributed by atoms with Crippen LogP contribution in [-0.2, 0) is 56.3 Å². The molecule has 0 aliphatic heterocycles. The van der Waals surface area contributed by atoms with E-state index in [9.17, 15) is 19.2 Å². The summed E-state index contributed by atoms with van der Waals surface area (Å²) in [7, 11) is 0. The Bertz CT molecular complexity index is 2480. The summed E-state index contributed by atoms with van der Waals surface area (Å²) in [6.07, 6.45) is 17.4. The number of ketones is 4. The van der Waals surface area contributed by atoms with E-state index in [0.717, 1.165) is 95.5 Å². The van der Waals surface area contributed by atoms with Crippen molar-refractivity contribution >= 4 is 23.1 Å². The summed E-state index contributed by atoms with van der Waals surface area (Å²) in [6.45, 7) is 34.9. The second-order valence-corrected chi connectivity index (χ2v) is 26.7. The summed E-state index contributed by atoms with van der Waals surface area (Å²) in [5, 5.41) is 0. The molecule has 3 aromatic carbocycles. The molecule has 380 valence electrons. The number of aryl methyl sites for hydroxylation is 3. The van der Waals surface area contributed by atoms with E-state index in [-0.39, 0.29) is 38.3 Å². The van der Waals surface area contributed by atoms with Gasteiger partial charge in [-0.15, -0.1) is 0 Å². The molecule has 4 nitrogen and oxygen atoms in total. The molecule has 9 rings (SSSR count). The van der Waals surface area contributed by atoms with Crippen molar-refractivity contribution in [1.29, 1.82) is 0 Å². The third-order valence-corrected chi connectivity index (χ3v) is 21.8. The predicted molar refractivity (Wildman–Crippen MR) is 290 cm³/mol. The van der Waals surface area contributed by atoms with Gasteiger partial charge in [-0.25, -0.2) is 0 Å². The average Bonchev–Trinajstić information content (AvgIpc) is 3.28.